The van der Waals surface area contributed by atoms with Gasteiger partial charge in [-0.3, -0.25) is 0 Å². The molecule has 4 rings (SSSR count). The van der Waals surface area contributed by atoms with Gasteiger partial charge in [0.2, 0.25) is 0 Å². The van der Waals surface area contributed by atoms with E-state index in [4.69, 9.17) is 0 Å². The molecule has 1 aliphatic heterocycles. The van der Waals surface area contributed by atoms with Crippen molar-refractivity contribution in [2.24, 2.45) is 0 Å². The van der Waals surface area contributed by atoms with Crippen molar-refractivity contribution in [1.82, 2.24) is 4.90 Å². The lowest BCUT2D eigenvalue weighted by molar-refractivity contribution is 0.334. The lowest BCUT2D eigenvalue weighted by Crippen LogP contribution is -2.20. The van der Waals surface area contributed by atoms with Crippen LogP contribution in [0.2, 0.25) is 0 Å². The fourth-order valence-electron chi connectivity index (χ4n) is 3.47. The number of hydrogen-bond acceptors (Lipinski definition) is 2. The molecule has 2 heteroatoms. The van der Waals surface area contributed by atoms with E-state index in [9.17, 15) is 0 Å². The molecule has 0 atom stereocenters. The van der Waals surface area contributed by atoms with Crippen LogP contribution in [0.4, 0.5) is 0 Å². The van der Waals surface area contributed by atoms with Crippen LogP contribution in [0.25, 0.3) is 20.5 Å². The van der Waals surface area contributed by atoms with Gasteiger partial charge in [0.1, 0.15) is 0 Å². The van der Waals surface area contributed by atoms with E-state index in [1.807, 2.05) is 11.3 Å². The molecule has 0 spiro atoms. The Morgan fingerprint density at radius 2 is 1.70 bits per heavy atom. The van der Waals surface area contributed by atoms with Crippen molar-refractivity contribution >= 4 is 21.4 Å². The van der Waals surface area contributed by atoms with E-state index in [0.717, 1.165) is 0 Å². The van der Waals surface area contributed by atoms with Gasteiger partial charge in [0.05, 0.1) is 0 Å². The second-order valence-corrected chi connectivity index (χ2v) is 7.58. The number of hydrogen-bond donors (Lipinski definition) is 0. The average Bonchev–Trinajstić information content (AvgIpc) is 3.24. The molecule has 2 aromatic carbocycles. The third kappa shape index (κ3) is 3.49. The van der Waals surface area contributed by atoms with Crippen molar-refractivity contribution in [3.05, 3.63) is 60.2 Å². The smallest absolute Gasteiger partial charge is 0.0355 e. The van der Waals surface area contributed by atoms with Crippen LogP contribution in [-0.4, -0.2) is 24.5 Å². The van der Waals surface area contributed by atoms with Gasteiger partial charge in [-0.15, -0.1) is 11.3 Å². The summed E-state index contributed by atoms with van der Waals surface area (Å²) in [6.45, 7) is 3.88. The Morgan fingerprint density at radius 3 is 2.48 bits per heavy atom. The summed E-state index contributed by atoms with van der Waals surface area (Å²) in [7, 11) is 0. The zero-order chi connectivity index (χ0) is 15.5. The van der Waals surface area contributed by atoms with Gasteiger partial charge < -0.3 is 4.90 Å². The van der Waals surface area contributed by atoms with Crippen molar-refractivity contribution in [1.29, 1.82) is 0 Å². The SMILES string of the molecule is c1ccc2sc(-c3ccc(CCCN4CCCC4)cc3)cc2c1. The third-order valence-electron chi connectivity index (χ3n) is 4.80. The summed E-state index contributed by atoms with van der Waals surface area (Å²) in [5.41, 5.74) is 2.81. The van der Waals surface area contributed by atoms with Crippen molar-refractivity contribution in [3.63, 3.8) is 0 Å². The maximum Gasteiger partial charge on any atom is 0.0355 e. The van der Waals surface area contributed by atoms with Gasteiger partial charge in [-0.2, -0.15) is 0 Å². The molecule has 0 aliphatic carbocycles. The Balaban J connectivity index is 1.40. The molecule has 0 radical (unpaired) electrons. The standard InChI is InChI=1S/C21H23NS/c1-2-8-20-19(7-1)16-21(23-20)18-11-9-17(10-12-18)6-5-15-22-13-3-4-14-22/h1-2,7-12,16H,3-6,13-15H2. The number of nitrogens with zero attached hydrogens (tertiary/aromatic N) is 1. The number of rotatable bonds is 5. The van der Waals surface area contributed by atoms with Crippen molar-refractivity contribution in [2.75, 3.05) is 19.6 Å². The minimum Gasteiger partial charge on any atom is -0.303 e. The van der Waals surface area contributed by atoms with Crippen LogP contribution in [0.5, 0.6) is 0 Å². The van der Waals surface area contributed by atoms with Crippen molar-refractivity contribution in [2.45, 2.75) is 25.7 Å². The summed E-state index contributed by atoms with van der Waals surface area (Å²) in [5, 5.41) is 1.35. The zero-order valence-corrected chi connectivity index (χ0v) is 14.3. The summed E-state index contributed by atoms with van der Waals surface area (Å²) in [6, 6.07) is 20.1. The van der Waals surface area contributed by atoms with Crippen LogP contribution in [0.1, 0.15) is 24.8 Å². The number of likely N-dealkylation sites (tertiary alicyclic amines) is 1. The molecule has 1 aromatic heterocycles. The monoisotopic (exact) mass is 321 g/mol. The Bertz CT molecular complexity index is 733. The van der Waals surface area contributed by atoms with Gasteiger partial charge in [-0.05, 0) is 74.0 Å². The topological polar surface area (TPSA) is 3.24 Å². The molecule has 1 nitrogen and oxygen atoms in total. The van der Waals surface area contributed by atoms with Gasteiger partial charge in [0.15, 0.2) is 0 Å². The van der Waals surface area contributed by atoms with Crippen molar-refractivity contribution < 1.29 is 0 Å². The molecule has 23 heavy (non-hydrogen) atoms. The minimum atomic E-state index is 1.20. The number of benzene rings is 2. The molecule has 1 saturated heterocycles. The highest BCUT2D eigenvalue weighted by molar-refractivity contribution is 7.22. The van der Waals surface area contributed by atoms with Crippen LogP contribution in [-0.2, 0) is 6.42 Å². The van der Waals surface area contributed by atoms with Crippen molar-refractivity contribution in [3.8, 4) is 10.4 Å². The first-order valence-electron chi connectivity index (χ1n) is 8.69. The third-order valence-corrected chi connectivity index (χ3v) is 5.97. The molecule has 1 aliphatic rings. The maximum atomic E-state index is 2.60. The first-order valence-corrected chi connectivity index (χ1v) is 9.50. The predicted molar refractivity (Wildman–Crippen MR) is 101 cm³/mol. The van der Waals surface area contributed by atoms with E-state index in [-0.39, 0.29) is 0 Å². The molecule has 0 bridgehead atoms. The molecule has 0 amide bonds. The molecule has 1 fully saturated rings. The van der Waals surface area contributed by atoms with E-state index in [1.165, 1.54) is 71.4 Å². The summed E-state index contributed by atoms with van der Waals surface area (Å²) in [4.78, 5) is 3.97. The van der Waals surface area contributed by atoms with Crippen LogP contribution in [0.15, 0.2) is 54.6 Å². The Labute approximate surface area is 142 Å². The number of thiophene rings is 1. The zero-order valence-electron chi connectivity index (χ0n) is 13.5. The molecule has 118 valence electrons. The Morgan fingerprint density at radius 1 is 0.913 bits per heavy atom. The lowest BCUT2D eigenvalue weighted by atomic mass is 10.1. The maximum absolute atomic E-state index is 2.60. The largest absolute Gasteiger partial charge is 0.303 e. The van der Waals surface area contributed by atoms with Crippen LogP contribution in [0, 0.1) is 0 Å². The van der Waals surface area contributed by atoms with E-state index < -0.39 is 0 Å². The summed E-state index contributed by atoms with van der Waals surface area (Å²) < 4.78 is 1.37. The van der Waals surface area contributed by atoms with E-state index in [2.05, 4.69) is 59.5 Å². The quantitative estimate of drug-likeness (QED) is 0.591. The molecule has 3 aromatic rings. The number of fused-ring (bicyclic) bond motifs is 1. The molecule has 2 heterocycles. The summed E-state index contributed by atoms with van der Waals surface area (Å²) in [6.07, 6.45) is 5.26. The molecule has 0 N–H and O–H groups in total. The van der Waals surface area contributed by atoms with E-state index >= 15 is 0 Å². The fraction of sp³-hybridized carbons (Fsp3) is 0.333. The van der Waals surface area contributed by atoms with Gasteiger partial charge in [0.25, 0.3) is 0 Å². The molecular formula is C21H23NS. The molecular weight excluding hydrogens is 298 g/mol. The van der Waals surface area contributed by atoms with Crippen LogP contribution < -0.4 is 0 Å². The van der Waals surface area contributed by atoms with E-state index in [1.54, 1.807) is 0 Å². The normalized spacial score (nSPS) is 15.5. The van der Waals surface area contributed by atoms with Crippen LogP contribution >= 0.6 is 11.3 Å². The lowest BCUT2D eigenvalue weighted by Gasteiger charge is -2.13. The Hall–Kier alpha value is -1.64. The summed E-state index contributed by atoms with van der Waals surface area (Å²) >= 11 is 1.88. The van der Waals surface area contributed by atoms with Crippen LogP contribution in [0.3, 0.4) is 0 Å². The van der Waals surface area contributed by atoms with Gasteiger partial charge >= 0.3 is 0 Å². The first kappa shape index (κ1) is 14.9. The first-order chi connectivity index (χ1) is 11.4. The number of aryl methyl sites for hydroxylation is 1. The highest BCUT2D eigenvalue weighted by Crippen LogP contribution is 2.33. The van der Waals surface area contributed by atoms with E-state index in [0.29, 0.717) is 0 Å². The molecule has 0 saturated carbocycles. The van der Waals surface area contributed by atoms with Gasteiger partial charge in [-0.1, -0.05) is 42.5 Å². The van der Waals surface area contributed by atoms with Gasteiger partial charge in [0, 0.05) is 9.58 Å². The second-order valence-electron chi connectivity index (χ2n) is 6.50. The highest BCUT2D eigenvalue weighted by Gasteiger charge is 2.10. The fourth-order valence-corrected chi connectivity index (χ4v) is 4.54. The molecule has 0 unspecified atom stereocenters. The highest BCUT2D eigenvalue weighted by atomic mass is 32.1. The average molecular weight is 321 g/mol. The second kappa shape index (κ2) is 6.86. The predicted octanol–water partition coefficient (Wildman–Crippen LogP) is 5.60. The minimum absolute atomic E-state index is 1.20. The van der Waals surface area contributed by atoms with Gasteiger partial charge in [-0.25, -0.2) is 0 Å². The Kier molecular flexibility index (Phi) is 4.45. The summed E-state index contributed by atoms with van der Waals surface area (Å²) in [5.74, 6) is 0.